The number of halogens is 1. The van der Waals surface area contributed by atoms with Crippen LogP contribution in [0.2, 0.25) is 5.02 Å². The average molecular weight is 331 g/mol. The number of carbonyl (C=O) groups excluding carboxylic acids is 3. The molecule has 3 amide bonds. The summed E-state index contributed by atoms with van der Waals surface area (Å²) in [7, 11) is 0. The predicted molar refractivity (Wildman–Crippen MR) is 84.5 cm³/mol. The predicted octanol–water partition coefficient (Wildman–Crippen LogP) is 2.09. The Hall–Kier alpha value is -2.14. The van der Waals surface area contributed by atoms with E-state index in [-0.39, 0.29) is 47.9 Å². The molecule has 6 heteroatoms. The van der Waals surface area contributed by atoms with Crippen LogP contribution >= 0.6 is 11.6 Å². The van der Waals surface area contributed by atoms with Gasteiger partial charge in [-0.25, -0.2) is 0 Å². The van der Waals surface area contributed by atoms with Crippen LogP contribution in [0.3, 0.4) is 0 Å². The van der Waals surface area contributed by atoms with Crippen molar-refractivity contribution in [3.63, 3.8) is 0 Å². The standard InChI is InChI=1S/C17H15ClN2O3/c18-11-3-5-12(6-4-11)19-13(21)8-20-16(22)14-9-1-2-10(7-9)15(14)17(20)23/h1-6,9-10,14-15H,7-8H2,(H,19,21)/t9-,10-,14-,15-/m0/s1. The molecular weight excluding hydrogens is 316 g/mol. The number of hydrogen-bond acceptors (Lipinski definition) is 3. The molecule has 0 aromatic heterocycles. The van der Waals surface area contributed by atoms with E-state index in [1.807, 2.05) is 12.2 Å². The lowest BCUT2D eigenvalue weighted by atomic mass is 9.85. The van der Waals surface area contributed by atoms with Gasteiger partial charge in [-0.05, 0) is 42.5 Å². The first-order chi connectivity index (χ1) is 11.0. The topological polar surface area (TPSA) is 66.5 Å². The maximum atomic E-state index is 12.5. The highest BCUT2D eigenvalue weighted by Crippen LogP contribution is 2.52. The highest BCUT2D eigenvalue weighted by molar-refractivity contribution is 6.30. The molecule has 4 rings (SSSR count). The summed E-state index contributed by atoms with van der Waals surface area (Å²) in [5.41, 5.74) is 0.584. The number of likely N-dealkylation sites (tertiary alicyclic amines) is 1. The molecule has 0 spiro atoms. The second-order valence-corrected chi connectivity index (χ2v) is 6.75. The fourth-order valence-electron chi connectivity index (χ4n) is 4.00. The molecule has 23 heavy (non-hydrogen) atoms. The zero-order chi connectivity index (χ0) is 16.1. The Bertz CT molecular complexity index is 698. The van der Waals surface area contributed by atoms with Crippen LogP contribution in [0, 0.1) is 23.7 Å². The summed E-state index contributed by atoms with van der Waals surface area (Å²) in [6, 6.07) is 6.67. The van der Waals surface area contributed by atoms with E-state index in [4.69, 9.17) is 11.6 Å². The molecule has 2 fully saturated rings. The van der Waals surface area contributed by atoms with Gasteiger partial charge in [-0.1, -0.05) is 23.8 Å². The van der Waals surface area contributed by atoms with Gasteiger partial charge in [0.2, 0.25) is 17.7 Å². The molecule has 1 heterocycles. The van der Waals surface area contributed by atoms with Gasteiger partial charge in [-0.2, -0.15) is 0 Å². The first-order valence-corrected chi connectivity index (χ1v) is 8.01. The summed E-state index contributed by atoms with van der Waals surface area (Å²) in [6.45, 7) is -0.229. The molecule has 1 aromatic rings. The minimum atomic E-state index is -0.380. The fourth-order valence-corrected chi connectivity index (χ4v) is 4.12. The number of carbonyl (C=O) groups is 3. The van der Waals surface area contributed by atoms with Gasteiger partial charge in [-0.15, -0.1) is 0 Å². The lowest BCUT2D eigenvalue weighted by molar-refractivity contribution is -0.143. The highest BCUT2D eigenvalue weighted by Gasteiger charge is 2.59. The normalized spacial score (nSPS) is 30.9. The van der Waals surface area contributed by atoms with Crippen LogP contribution in [0.25, 0.3) is 0 Å². The van der Waals surface area contributed by atoms with Crippen molar-refractivity contribution in [1.29, 1.82) is 0 Å². The van der Waals surface area contributed by atoms with Gasteiger partial charge < -0.3 is 5.32 Å². The number of anilines is 1. The van der Waals surface area contributed by atoms with Crippen molar-refractivity contribution >= 4 is 35.0 Å². The van der Waals surface area contributed by atoms with Crippen LogP contribution in [0.1, 0.15) is 6.42 Å². The summed E-state index contributed by atoms with van der Waals surface area (Å²) < 4.78 is 0. The smallest absolute Gasteiger partial charge is 0.244 e. The molecule has 1 aliphatic heterocycles. The van der Waals surface area contributed by atoms with E-state index >= 15 is 0 Å². The molecule has 118 valence electrons. The molecule has 2 bridgehead atoms. The van der Waals surface area contributed by atoms with E-state index in [1.54, 1.807) is 24.3 Å². The van der Waals surface area contributed by atoms with E-state index in [0.717, 1.165) is 11.3 Å². The van der Waals surface area contributed by atoms with Crippen molar-refractivity contribution in [2.45, 2.75) is 6.42 Å². The Balaban J connectivity index is 1.45. The van der Waals surface area contributed by atoms with Gasteiger partial charge in [0.05, 0.1) is 11.8 Å². The SMILES string of the molecule is O=C(CN1C(=O)[C@@H]2[C@@H](C1=O)[C@H]1C=C[C@H]2C1)Nc1ccc(Cl)cc1. The second kappa shape index (κ2) is 5.20. The highest BCUT2D eigenvalue weighted by atomic mass is 35.5. The van der Waals surface area contributed by atoms with Crippen molar-refractivity contribution in [3.05, 3.63) is 41.4 Å². The Morgan fingerprint density at radius 1 is 1.09 bits per heavy atom. The molecule has 1 N–H and O–H groups in total. The van der Waals surface area contributed by atoms with Crippen molar-refractivity contribution < 1.29 is 14.4 Å². The van der Waals surface area contributed by atoms with Crippen molar-refractivity contribution in [3.8, 4) is 0 Å². The molecule has 1 saturated carbocycles. The quantitative estimate of drug-likeness (QED) is 0.681. The van der Waals surface area contributed by atoms with E-state index in [9.17, 15) is 14.4 Å². The Kier molecular flexibility index (Phi) is 3.27. The molecule has 3 aliphatic rings. The van der Waals surface area contributed by atoms with Gasteiger partial charge in [0.1, 0.15) is 6.54 Å². The molecule has 4 atom stereocenters. The van der Waals surface area contributed by atoms with Gasteiger partial charge in [0.25, 0.3) is 0 Å². The number of allylic oxidation sites excluding steroid dienone is 2. The maximum absolute atomic E-state index is 12.5. The molecule has 5 nitrogen and oxygen atoms in total. The number of fused-ring (bicyclic) bond motifs is 5. The maximum Gasteiger partial charge on any atom is 0.244 e. The van der Waals surface area contributed by atoms with Crippen molar-refractivity contribution in [1.82, 2.24) is 4.90 Å². The van der Waals surface area contributed by atoms with Crippen LogP contribution in [-0.2, 0) is 14.4 Å². The van der Waals surface area contributed by atoms with Crippen LogP contribution in [0.4, 0.5) is 5.69 Å². The van der Waals surface area contributed by atoms with Crippen LogP contribution in [-0.4, -0.2) is 29.2 Å². The molecule has 2 aliphatic carbocycles. The fraction of sp³-hybridized carbons (Fsp3) is 0.353. The van der Waals surface area contributed by atoms with Crippen molar-refractivity contribution in [2.75, 3.05) is 11.9 Å². The lowest BCUT2D eigenvalue weighted by Crippen LogP contribution is -2.39. The van der Waals surface area contributed by atoms with Gasteiger partial charge in [0, 0.05) is 10.7 Å². The number of nitrogens with zero attached hydrogens (tertiary/aromatic N) is 1. The van der Waals surface area contributed by atoms with E-state index in [0.29, 0.717) is 10.7 Å². The van der Waals surface area contributed by atoms with Crippen LogP contribution < -0.4 is 5.32 Å². The average Bonchev–Trinajstić information content (AvgIpc) is 3.19. The molecule has 1 aromatic carbocycles. The number of hydrogen-bond donors (Lipinski definition) is 1. The Morgan fingerprint density at radius 2 is 1.65 bits per heavy atom. The molecule has 1 saturated heterocycles. The molecule has 0 radical (unpaired) electrons. The molecular formula is C17H15ClN2O3. The van der Waals surface area contributed by atoms with Crippen molar-refractivity contribution in [2.24, 2.45) is 23.7 Å². The number of imide groups is 1. The summed E-state index contributed by atoms with van der Waals surface area (Å²) in [5, 5.41) is 3.25. The minimum absolute atomic E-state index is 0.158. The lowest BCUT2D eigenvalue weighted by Gasteiger charge is -2.16. The number of amides is 3. The van der Waals surface area contributed by atoms with E-state index in [1.165, 1.54) is 0 Å². The summed E-state index contributed by atoms with van der Waals surface area (Å²) in [6.07, 6.45) is 4.96. The van der Waals surface area contributed by atoms with Crippen LogP contribution in [0.15, 0.2) is 36.4 Å². The second-order valence-electron chi connectivity index (χ2n) is 6.32. The van der Waals surface area contributed by atoms with Gasteiger partial charge in [0.15, 0.2) is 0 Å². The monoisotopic (exact) mass is 330 g/mol. The van der Waals surface area contributed by atoms with Gasteiger partial charge >= 0.3 is 0 Å². The number of nitrogens with one attached hydrogen (secondary N) is 1. The van der Waals surface area contributed by atoms with E-state index in [2.05, 4.69) is 5.32 Å². The number of rotatable bonds is 3. The Labute approximate surface area is 138 Å². The summed E-state index contributed by atoms with van der Waals surface area (Å²) >= 11 is 5.80. The summed E-state index contributed by atoms with van der Waals surface area (Å²) in [5.74, 6) is -1.00. The molecule has 0 unspecified atom stereocenters. The third-order valence-corrected chi connectivity index (χ3v) is 5.24. The zero-order valence-electron chi connectivity index (χ0n) is 12.2. The van der Waals surface area contributed by atoms with Gasteiger partial charge in [-0.3, -0.25) is 19.3 Å². The number of benzene rings is 1. The minimum Gasteiger partial charge on any atom is -0.325 e. The first-order valence-electron chi connectivity index (χ1n) is 7.63. The van der Waals surface area contributed by atoms with Crippen LogP contribution in [0.5, 0.6) is 0 Å². The van der Waals surface area contributed by atoms with E-state index < -0.39 is 0 Å². The third kappa shape index (κ3) is 2.27. The third-order valence-electron chi connectivity index (χ3n) is 4.99. The zero-order valence-corrected chi connectivity index (χ0v) is 13.0. The largest absolute Gasteiger partial charge is 0.325 e. The Morgan fingerprint density at radius 3 is 2.22 bits per heavy atom. The first kappa shape index (κ1) is 14.5. The summed E-state index contributed by atoms with van der Waals surface area (Å²) in [4.78, 5) is 38.2.